The first kappa shape index (κ1) is 13.7. The molecule has 0 saturated heterocycles. The Balaban J connectivity index is 2.13. The van der Waals surface area contributed by atoms with Crippen LogP contribution in [0.3, 0.4) is 0 Å². The van der Waals surface area contributed by atoms with Crippen LogP contribution < -0.4 is 4.90 Å². The summed E-state index contributed by atoms with van der Waals surface area (Å²) in [5.41, 5.74) is 4.01. The molecule has 0 saturated carbocycles. The average molecular weight is 253 g/mol. The summed E-state index contributed by atoms with van der Waals surface area (Å²) >= 11 is 0. The molecule has 0 N–H and O–H groups in total. The molecule has 0 aliphatic carbocycles. The van der Waals surface area contributed by atoms with Gasteiger partial charge in [0, 0.05) is 18.8 Å². The minimum absolute atomic E-state index is 0.990. The molecule has 0 bridgehead atoms. The molecule has 0 spiro atoms. The van der Waals surface area contributed by atoms with Crippen LogP contribution in [-0.4, -0.2) is 6.54 Å². The Bertz CT molecular complexity index is 473. The van der Waals surface area contributed by atoms with Crippen LogP contribution >= 0.6 is 0 Å². The molecule has 0 atom stereocenters. The van der Waals surface area contributed by atoms with Crippen molar-refractivity contribution in [2.24, 2.45) is 0 Å². The molecule has 1 nitrogen and oxygen atoms in total. The van der Waals surface area contributed by atoms with Gasteiger partial charge in [-0.1, -0.05) is 61.4 Å². The fraction of sp³-hybridized carbons (Fsp3) is 0.333. The second-order valence-corrected chi connectivity index (χ2v) is 5.10. The van der Waals surface area contributed by atoms with Crippen molar-refractivity contribution >= 4 is 5.69 Å². The molecule has 0 radical (unpaired) electrons. The van der Waals surface area contributed by atoms with Gasteiger partial charge in [0.25, 0.3) is 0 Å². The molecule has 2 rings (SSSR count). The summed E-state index contributed by atoms with van der Waals surface area (Å²) in [5.74, 6) is 0. The lowest BCUT2D eigenvalue weighted by Gasteiger charge is -2.25. The lowest BCUT2D eigenvalue weighted by atomic mass is 10.1. The summed E-state index contributed by atoms with van der Waals surface area (Å²) in [6.07, 6.45) is 2.47. The van der Waals surface area contributed by atoms with Crippen LogP contribution in [0.2, 0.25) is 0 Å². The predicted molar refractivity (Wildman–Crippen MR) is 83.6 cm³/mol. The Labute approximate surface area is 116 Å². The molecule has 0 aliphatic heterocycles. The van der Waals surface area contributed by atoms with Gasteiger partial charge >= 0.3 is 0 Å². The van der Waals surface area contributed by atoms with E-state index in [1.165, 1.54) is 29.7 Å². The minimum Gasteiger partial charge on any atom is -0.367 e. The summed E-state index contributed by atoms with van der Waals surface area (Å²) in [6, 6.07) is 19.6. The Kier molecular flexibility index (Phi) is 5.02. The van der Waals surface area contributed by atoms with Gasteiger partial charge in [-0.2, -0.15) is 0 Å². The zero-order valence-corrected chi connectivity index (χ0v) is 12.0. The molecule has 1 heteroatoms. The molecular weight excluding hydrogens is 230 g/mol. The number of aryl methyl sites for hydroxylation is 1. The van der Waals surface area contributed by atoms with Crippen molar-refractivity contribution in [3.8, 4) is 0 Å². The SMILES string of the molecule is CCCCN(Cc1ccccc1)c1ccc(C)cc1. The second-order valence-electron chi connectivity index (χ2n) is 5.10. The fourth-order valence-electron chi connectivity index (χ4n) is 2.21. The number of hydrogen-bond donors (Lipinski definition) is 0. The maximum Gasteiger partial charge on any atom is 0.0429 e. The first-order valence-electron chi connectivity index (χ1n) is 7.15. The third-order valence-electron chi connectivity index (χ3n) is 3.40. The molecule has 2 aromatic carbocycles. The average Bonchev–Trinajstić information content (AvgIpc) is 2.45. The first-order chi connectivity index (χ1) is 9.29. The van der Waals surface area contributed by atoms with Crippen molar-refractivity contribution in [3.05, 3.63) is 65.7 Å². The smallest absolute Gasteiger partial charge is 0.0429 e. The van der Waals surface area contributed by atoms with Gasteiger partial charge in [0.1, 0.15) is 0 Å². The Morgan fingerprint density at radius 3 is 2.21 bits per heavy atom. The van der Waals surface area contributed by atoms with Crippen LogP contribution in [0.5, 0.6) is 0 Å². The van der Waals surface area contributed by atoms with Gasteiger partial charge in [0.05, 0.1) is 0 Å². The highest BCUT2D eigenvalue weighted by Crippen LogP contribution is 2.18. The quantitative estimate of drug-likeness (QED) is 0.714. The number of unbranched alkanes of at least 4 members (excludes halogenated alkanes) is 1. The number of nitrogens with zero attached hydrogens (tertiary/aromatic N) is 1. The molecule has 0 amide bonds. The van der Waals surface area contributed by atoms with Crippen LogP contribution in [0, 0.1) is 6.92 Å². The van der Waals surface area contributed by atoms with Crippen LogP contribution in [0.25, 0.3) is 0 Å². The van der Waals surface area contributed by atoms with Gasteiger partial charge in [-0.25, -0.2) is 0 Å². The third kappa shape index (κ3) is 4.13. The van der Waals surface area contributed by atoms with E-state index >= 15 is 0 Å². The standard InChI is InChI=1S/C18H23N/c1-3-4-14-19(15-17-8-6-5-7-9-17)18-12-10-16(2)11-13-18/h5-13H,3-4,14-15H2,1-2H3. The highest BCUT2D eigenvalue weighted by Gasteiger charge is 2.06. The summed E-state index contributed by atoms with van der Waals surface area (Å²) in [6.45, 7) is 6.49. The lowest BCUT2D eigenvalue weighted by Crippen LogP contribution is -2.23. The summed E-state index contributed by atoms with van der Waals surface area (Å²) in [5, 5.41) is 0. The molecule has 0 unspecified atom stereocenters. The van der Waals surface area contributed by atoms with E-state index in [0.717, 1.165) is 13.1 Å². The van der Waals surface area contributed by atoms with Gasteiger partial charge in [0.15, 0.2) is 0 Å². The Morgan fingerprint density at radius 2 is 1.58 bits per heavy atom. The number of anilines is 1. The van der Waals surface area contributed by atoms with Crippen LogP contribution in [0.1, 0.15) is 30.9 Å². The van der Waals surface area contributed by atoms with Gasteiger partial charge in [-0.05, 0) is 31.0 Å². The molecule has 0 aromatic heterocycles. The summed E-state index contributed by atoms with van der Waals surface area (Å²) in [7, 11) is 0. The van der Waals surface area contributed by atoms with Gasteiger partial charge in [-0.15, -0.1) is 0 Å². The van der Waals surface area contributed by atoms with E-state index in [-0.39, 0.29) is 0 Å². The minimum atomic E-state index is 0.990. The van der Waals surface area contributed by atoms with E-state index < -0.39 is 0 Å². The number of hydrogen-bond acceptors (Lipinski definition) is 1. The van der Waals surface area contributed by atoms with E-state index in [9.17, 15) is 0 Å². The van der Waals surface area contributed by atoms with Crippen molar-refractivity contribution in [2.45, 2.75) is 33.2 Å². The fourth-order valence-corrected chi connectivity index (χ4v) is 2.21. The maximum atomic E-state index is 2.47. The monoisotopic (exact) mass is 253 g/mol. The lowest BCUT2D eigenvalue weighted by molar-refractivity contribution is 0.716. The highest BCUT2D eigenvalue weighted by molar-refractivity contribution is 5.48. The van der Waals surface area contributed by atoms with E-state index in [0.29, 0.717) is 0 Å². The van der Waals surface area contributed by atoms with Gasteiger partial charge in [0.2, 0.25) is 0 Å². The molecule has 0 fully saturated rings. The van der Waals surface area contributed by atoms with Gasteiger partial charge in [-0.3, -0.25) is 0 Å². The number of rotatable bonds is 6. The summed E-state index contributed by atoms with van der Waals surface area (Å²) in [4.78, 5) is 2.47. The topological polar surface area (TPSA) is 3.24 Å². The van der Waals surface area contributed by atoms with E-state index in [4.69, 9.17) is 0 Å². The molecule has 0 aliphatic rings. The van der Waals surface area contributed by atoms with Gasteiger partial charge < -0.3 is 4.90 Å². The highest BCUT2D eigenvalue weighted by atomic mass is 15.1. The van der Waals surface area contributed by atoms with E-state index in [1.807, 2.05) is 0 Å². The van der Waals surface area contributed by atoms with Crippen molar-refractivity contribution in [3.63, 3.8) is 0 Å². The largest absolute Gasteiger partial charge is 0.367 e. The second kappa shape index (κ2) is 6.98. The van der Waals surface area contributed by atoms with Crippen LogP contribution in [-0.2, 0) is 6.54 Å². The Morgan fingerprint density at radius 1 is 0.895 bits per heavy atom. The van der Waals surface area contributed by atoms with Crippen molar-refractivity contribution in [2.75, 3.05) is 11.4 Å². The maximum absolute atomic E-state index is 2.47. The first-order valence-corrected chi connectivity index (χ1v) is 7.15. The number of benzene rings is 2. The van der Waals surface area contributed by atoms with Crippen molar-refractivity contribution in [1.29, 1.82) is 0 Å². The molecule has 2 aromatic rings. The predicted octanol–water partition coefficient (Wildman–Crippen LogP) is 4.80. The van der Waals surface area contributed by atoms with Crippen LogP contribution in [0.4, 0.5) is 5.69 Å². The summed E-state index contributed by atoms with van der Waals surface area (Å²) < 4.78 is 0. The van der Waals surface area contributed by atoms with Crippen molar-refractivity contribution in [1.82, 2.24) is 0 Å². The van der Waals surface area contributed by atoms with E-state index in [1.54, 1.807) is 0 Å². The molecule has 19 heavy (non-hydrogen) atoms. The van der Waals surface area contributed by atoms with Crippen molar-refractivity contribution < 1.29 is 0 Å². The molecular formula is C18H23N. The zero-order valence-electron chi connectivity index (χ0n) is 12.0. The third-order valence-corrected chi connectivity index (χ3v) is 3.40. The molecule has 0 heterocycles. The van der Waals surface area contributed by atoms with E-state index in [2.05, 4.69) is 73.3 Å². The molecule has 100 valence electrons. The van der Waals surface area contributed by atoms with Crippen LogP contribution in [0.15, 0.2) is 54.6 Å². The zero-order chi connectivity index (χ0) is 13.5. The Hall–Kier alpha value is -1.76. The normalized spacial score (nSPS) is 10.4.